The Labute approximate surface area is 145 Å². The van der Waals surface area contributed by atoms with E-state index in [1.807, 2.05) is 12.3 Å². The van der Waals surface area contributed by atoms with Crippen molar-refractivity contribution in [2.75, 3.05) is 18.3 Å². The molecule has 7 heteroatoms. The van der Waals surface area contributed by atoms with Gasteiger partial charge >= 0.3 is 0 Å². The molecule has 0 aliphatic heterocycles. The van der Waals surface area contributed by atoms with E-state index in [-0.39, 0.29) is 10.7 Å². The second-order valence-corrected chi connectivity index (χ2v) is 6.51. The molecule has 0 aliphatic carbocycles. The molecular weight excluding hydrogens is 334 g/mol. The number of hydrogen-bond acceptors (Lipinski definition) is 6. The average Bonchev–Trinajstić information content (AvgIpc) is 2.58. The zero-order valence-electron chi connectivity index (χ0n) is 13.6. The standard InChI is InChI=1S/C12H15NO3S.C4H8OS/c1-3-10(14)11(12(17-2)13(15)16)9-7-5-4-6-8-9;1-6-4-2-3-5/h4-8,11-12H,3H2,1-2H3;3H,2,4H2,1H3. The van der Waals surface area contributed by atoms with Crippen LogP contribution in [0.2, 0.25) is 0 Å². The van der Waals surface area contributed by atoms with Crippen molar-refractivity contribution >= 4 is 35.6 Å². The first-order valence-corrected chi connectivity index (χ1v) is 9.88. The Balaban J connectivity index is 0.000000688. The van der Waals surface area contributed by atoms with Crippen LogP contribution in [0.15, 0.2) is 30.3 Å². The lowest BCUT2D eigenvalue weighted by Gasteiger charge is -2.18. The van der Waals surface area contributed by atoms with Gasteiger partial charge in [-0.3, -0.25) is 14.9 Å². The average molecular weight is 357 g/mol. The Bertz CT molecular complexity index is 482. The van der Waals surface area contributed by atoms with E-state index in [0.717, 1.165) is 29.4 Å². The Morgan fingerprint density at radius 3 is 2.26 bits per heavy atom. The number of Topliss-reactive ketones (excluding diaryl/α,β-unsaturated/α-hetero) is 1. The lowest BCUT2D eigenvalue weighted by atomic mass is 9.93. The molecule has 0 aromatic heterocycles. The van der Waals surface area contributed by atoms with Crippen LogP contribution in [0.4, 0.5) is 0 Å². The van der Waals surface area contributed by atoms with E-state index in [9.17, 15) is 19.7 Å². The highest BCUT2D eigenvalue weighted by Crippen LogP contribution is 2.29. The molecule has 0 saturated heterocycles. The van der Waals surface area contributed by atoms with E-state index in [2.05, 4.69) is 0 Å². The van der Waals surface area contributed by atoms with Gasteiger partial charge in [0.15, 0.2) is 0 Å². The summed E-state index contributed by atoms with van der Waals surface area (Å²) in [6.45, 7) is 1.73. The number of nitrogens with zero attached hydrogens (tertiary/aromatic N) is 1. The van der Waals surface area contributed by atoms with Gasteiger partial charge in [-0.2, -0.15) is 11.8 Å². The maximum absolute atomic E-state index is 11.9. The molecule has 2 unspecified atom stereocenters. The molecule has 0 heterocycles. The minimum Gasteiger partial charge on any atom is -0.303 e. The second kappa shape index (κ2) is 13.1. The third kappa shape index (κ3) is 8.18. The minimum atomic E-state index is -0.912. The molecule has 1 aromatic rings. The number of carbonyl (C=O) groups is 2. The molecule has 0 saturated carbocycles. The molecule has 0 radical (unpaired) electrons. The van der Waals surface area contributed by atoms with Crippen molar-refractivity contribution in [1.29, 1.82) is 0 Å². The van der Waals surface area contributed by atoms with E-state index < -0.39 is 11.3 Å². The van der Waals surface area contributed by atoms with E-state index in [1.54, 1.807) is 49.2 Å². The predicted molar refractivity (Wildman–Crippen MR) is 97.8 cm³/mol. The molecule has 1 rings (SSSR count). The first-order chi connectivity index (χ1) is 11.0. The van der Waals surface area contributed by atoms with Gasteiger partial charge in [0.05, 0.1) is 0 Å². The number of thioether (sulfide) groups is 2. The summed E-state index contributed by atoms with van der Waals surface area (Å²) in [5, 5.41) is 10.1. The Hall–Kier alpha value is -1.34. The van der Waals surface area contributed by atoms with Crippen LogP contribution in [0, 0.1) is 10.1 Å². The van der Waals surface area contributed by atoms with Crippen LogP contribution >= 0.6 is 23.5 Å². The van der Waals surface area contributed by atoms with Gasteiger partial charge in [-0.05, 0) is 23.8 Å². The van der Waals surface area contributed by atoms with Crippen molar-refractivity contribution in [2.24, 2.45) is 0 Å². The third-order valence-electron chi connectivity index (χ3n) is 3.03. The van der Waals surface area contributed by atoms with Crippen molar-refractivity contribution in [3.05, 3.63) is 46.0 Å². The summed E-state index contributed by atoms with van der Waals surface area (Å²) in [5.74, 6) is 0.210. The second-order valence-electron chi connectivity index (χ2n) is 4.57. The van der Waals surface area contributed by atoms with Gasteiger partial charge < -0.3 is 4.79 Å². The Morgan fingerprint density at radius 1 is 1.30 bits per heavy atom. The normalized spacial score (nSPS) is 12.5. The van der Waals surface area contributed by atoms with E-state index >= 15 is 0 Å². The lowest BCUT2D eigenvalue weighted by molar-refractivity contribution is -0.496. The van der Waals surface area contributed by atoms with Gasteiger partial charge in [-0.25, -0.2) is 0 Å². The Morgan fingerprint density at radius 2 is 1.91 bits per heavy atom. The minimum absolute atomic E-state index is 0.0905. The quantitative estimate of drug-likeness (QED) is 0.221. The summed E-state index contributed by atoms with van der Waals surface area (Å²) in [7, 11) is 0. The van der Waals surface area contributed by atoms with Crippen molar-refractivity contribution < 1.29 is 14.5 Å². The molecular formula is C16H23NO4S2. The fourth-order valence-electron chi connectivity index (χ4n) is 1.90. The van der Waals surface area contributed by atoms with Crippen LogP contribution in [-0.4, -0.2) is 40.6 Å². The highest BCUT2D eigenvalue weighted by Gasteiger charge is 2.36. The van der Waals surface area contributed by atoms with Crippen LogP contribution in [-0.2, 0) is 9.59 Å². The molecule has 0 bridgehead atoms. The van der Waals surface area contributed by atoms with Gasteiger partial charge in [0, 0.05) is 17.8 Å². The van der Waals surface area contributed by atoms with E-state index in [4.69, 9.17) is 0 Å². The summed E-state index contributed by atoms with van der Waals surface area (Å²) in [6, 6.07) is 8.96. The molecule has 23 heavy (non-hydrogen) atoms. The number of nitro groups is 1. The van der Waals surface area contributed by atoms with E-state index in [1.165, 1.54) is 0 Å². The number of ketones is 1. The molecule has 5 nitrogen and oxygen atoms in total. The zero-order valence-corrected chi connectivity index (χ0v) is 15.3. The zero-order chi connectivity index (χ0) is 17.7. The molecule has 1 aromatic carbocycles. The Kier molecular flexibility index (Phi) is 12.4. The number of hydrogen-bond donors (Lipinski definition) is 0. The van der Waals surface area contributed by atoms with Crippen LogP contribution < -0.4 is 0 Å². The molecule has 0 amide bonds. The van der Waals surface area contributed by atoms with Crippen molar-refractivity contribution in [1.82, 2.24) is 0 Å². The first-order valence-electron chi connectivity index (χ1n) is 7.19. The summed E-state index contributed by atoms with van der Waals surface area (Å²) >= 11 is 2.80. The molecule has 0 spiro atoms. The topological polar surface area (TPSA) is 77.3 Å². The third-order valence-corrected chi connectivity index (χ3v) is 4.60. The predicted octanol–water partition coefficient (Wildman–Crippen LogP) is 3.65. The summed E-state index contributed by atoms with van der Waals surface area (Å²) < 4.78 is 0. The maximum Gasteiger partial charge on any atom is 0.271 e. The maximum atomic E-state index is 11.9. The smallest absolute Gasteiger partial charge is 0.271 e. The van der Waals surface area contributed by atoms with Gasteiger partial charge in [0.2, 0.25) is 0 Å². The fraction of sp³-hybridized carbons (Fsp3) is 0.500. The van der Waals surface area contributed by atoms with Gasteiger partial charge in [0.1, 0.15) is 18.0 Å². The molecule has 2 atom stereocenters. The molecule has 0 aliphatic rings. The van der Waals surface area contributed by atoms with Gasteiger partial charge in [0.25, 0.3) is 5.37 Å². The highest BCUT2D eigenvalue weighted by atomic mass is 32.2. The molecule has 128 valence electrons. The van der Waals surface area contributed by atoms with Gasteiger partial charge in [-0.15, -0.1) is 0 Å². The van der Waals surface area contributed by atoms with E-state index in [0.29, 0.717) is 12.8 Å². The lowest BCUT2D eigenvalue weighted by Crippen LogP contribution is -2.29. The fourth-order valence-corrected chi connectivity index (χ4v) is 2.98. The van der Waals surface area contributed by atoms with Crippen LogP contribution in [0.25, 0.3) is 0 Å². The van der Waals surface area contributed by atoms with Crippen LogP contribution in [0.5, 0.6) is 0 Å². The molecule has 0 N–H and O–H groups in total. The van der Waals surface area contributed by atoms with Crippen LogP contribution in [0.3, 0.4) is 0 Å². The number of rotatable bonds is 9. The number of carbonyl (C=O) groups excluding carboxylic acids is 2. The van der Waals surface area contributed by atoms with Crippen LogP contribution in [0.1, 0.15) is 31.2 Å². The van der Waals surface area contributed by atoms with Crippen molar-refractivity contribution in [3.8, 4) is 0 Å². The molecule has 0 fully saturated rings. The number of aldehydes is 1. The summed E-state index contributed by atoms with van der Waals surface area (Å²) in [5.41, 5.74) is 0.718. The van der Waals surface area contributed by atoms with Gasteiger partial charge in [-0.1, -0.05) is 49.0 Å². The SMILES string of the molecule is CCC(=O)C(c1ccccc1)C(SC)[N+](=O)[O-].CSCCC=O. The largest absolute Gasteiger partial charge is 0.303 e. The first kappa shape index (κ1) is 21.7. The highest BCUT2D eigenvalue weighted by molar-refractivity contribution is 7.99. The van der Waals surface area contributed by atoms with Crippen molar-refractivity contribution in [2.45, 2.75) is 31.1 Å². The van der Waals surface area contributed by atoms with Crippen molar-refractivity contribution in [3.63, 3.8) is 0 Å². The monoisotopic (exact) mass is 357 g/mol. The summed E-state index contributed by atoms with van der Waals surface area (Å²) in [6.07, 6.45) is 5.60. The number of benzene rings is 1. The summed E-state index contributed by atoms with van der Waals surface area (Å²) in [4.78, 5) is 32.1.